The van der Waals surface area contributed by atoms with E-state index in [1.807, 2.05) is 0 Å². The molecule has 0 unspecified atom stereocenters. The number of nitrogens with zero attached hydrogens (tertiary/aromatic N) is 2. The Morgan fingerprint density at radius 3 is 2.80 bits per heavy atom. The molecule has 0 saturated heterocycles. The van der Waals surface area contributed by atoms with Crippen molar-refractivity contribution in [2.75, 3.05) is 11.9 Å². The van der Waals surface area contributed by atoms with Crippen molar-refractivity contribution in [3.63, 3.8) is 0 Å². The summed E-state index contributed by atoms with van der Waals surface area (Å²) in [7, 11) is -3.35. The van der Waals surface area contributed by atoms with Crippen LogP contribution in [0, 0.1) is 0 Å². The summed E-state index contributed by atoms with van der Waals surface area (Å²) in [6.45, 7) is 0.512. The molecule has 5 nitrogen and oxygen atoms in total. The summed E-state index contributed by atoms with van der Waals surface area (Å²) in [5, 5.41) is 6.85. The van der Waals surface area contributed by atoms with Crippen molar-refractivity contribution in [2.24, 2.45) is 0 Å². The maximum atomic E-state index is 12.1. The number of H-pyrrole nitrogens is 1. The zero-order valence-electron chi connectivity index (χ0n) is 8.06. The summed E-state index contributed by atoms with van der Waals surface area (Å²) in [4.78, 5) is 0.246. The third kappa shape index (κ3) is 2.24. The molecule has 0 spiro atoms. The van der Waals surface area contributed by atoms with Crippen molar-refractivity contribution >= 4 is 26.0 Å². The molecule has 7 heteroatoms. The Morgan fingerprint density at radius 2 is 2.33 bits per heavy atom. The van der Waals surface area contributed by atoms with Gasteiger partial charge in [0.2, 0.25) is 10.0 Å². The Hall–Kier alpha value is -0.400. The number of aromatic amines is 1. The SMILES string of the molecule is O=S(=O)(c1cn[nH]c1)N(CCBr)C1CC1. The van der Waals surface area contributed by atoms with E-state index in [1.165, 1.54) is 12.4 Å². The average Bonchev–Trinajstić information content (AvgIpc) is 2.86. The van der Waals surface area contributed by atoms with Gasteiger partial charge in [-0.2, -0.15) is 9.40 Å². The number of rotatable bonds is 5. The van der Waals surface area contributed by atoms with Gasteiger partial charge in [0.05, 0.1) is 6.20 Å². The van der Waals surface area contributed by atoms with Crippen molar-refractivity contribution in [3.05, 3.63) is 12.4 Å². The summed E-state index contributed by atoms with van der Waals surface area (Å²) in [5.41, 5.74) is 0. The lowest BCUT2D eigenvalue weighted by Gasteiger charge is -2.19. The maximum Gasteiger partial charge on any atom is 0.246 e. The first kappa shape index (κ1) is 11.1. The van der Waals surface area contributed by atoms with Crippen LogP contribution in [0.1, 0.15) is 12.8 Å². The molecule has 2 rings (SSSR count). The number of hydrogen-bond acceptors (Lipinski definition) is 3. The van der Waals surface area contributed by atoms with Gasteiger partial charge >= 0.3 is 0 Å². The summed E-state index contributed by atoms with van der Waals surface area (Å²) in [5.74, 6) is 0. The highest BCUT2D eigenvalue weighted by Crippen LogP contribution is 2.31. The monoisotopic (exact) mass is 293 g/mol. The summed E-state index contributed by atoms with van der Waals surface area (Å²) in [6.07, 6.45) is 4.69. The Balaban J connectivity index is 2.26. The largest absolute Gasteiger partial charge is 0.284 e. The highest BCUT2D eigenvalue weighted by Gasteiger charge is 2.37. The second-order valence-corrected chi connectivity index (χ2v) is 6.15. The van der Waals surface area contributed by atoms with E-state index in [2.05, 4.69) is 26.1 Å². The second-order valence-electron chi connectivity index (χ2n) is 3.47. The minimum Gasteiger partial charge on any atom is -0.284 e. The van der Waals surface area contributed by atoms with Gasteiger partial charge in [0.15, 0.2) is 0 Å². The van der Waals surface area contributed by atoms with Crippen LogP contribution < -0.4 is 0 Å². The average molecular weight is 294 g/mol. The van der Waals surface area contributed by atoms with Crippen LogP contribution in [0.3, 0.4) is 0 Å². The molecule has 0 bridgehead atoms. The van der Waals surface area contributed by atoms with Crippen LogP contribution >= 0.6 is 15.9 Å². The standard InChI is InChI=1S/C8H12BrN3O2S/c9-3-4-12(7-1-2-7)15(13,14)8-5-10-11-6-8/h5-7H,1-4H2,(H,10,11). The van der Waals surface area contributed by atoms with Gasteiger partial charge in [-0.15, -0.1) is 0 Å². The molecular formula is C8H12BrN3O2S. The van der Waals surface area contributed by atoms with Gasteiger partial charge in [-0.1, -0.05) is 15.9 Å². The molecule has 1 aliphatic carbocycles. The minimum atomic E-state index is -3.35. The van der Waals surface area contributed by atoms with E-state index in [4.69, 9.17) is 0 Å². The van der Waals surface area contributed by atoms with Crippen molar-refractivity contribution in [1.29, 1.82) is 0 Å². The Labute approximate surface area is 97.0 Å². The van der Waals surface area contributed by atoms with Gasteiger partial charge in [0.1, 0.15) is 4.90 Å². The van der Waals surface area contributed by atoms with E-state index >= 15 is 0 Å². The first-order valence-corrected chi connectivity index (χ1v) is 7.29. The molecule has 0 amide bonds. The highest BCUT2D eigenvalue weighted by molar-refractivity contribution is 9.09. The minimum absolute atomic E-state index is 0.183. The van der Waals surface area contributed by atoms with Gasteiger partial charge in [-0.05, 0) is 12.8 Å². The van der Waals surface area contributed by atoms with E-state index in [9.17, 15) is 8.42 Å². The fourth-order valence-corrected chi connectivity index (χ4v) is 3.67. The molecule has 1 N–H and O–H groups in total. The quantitative estimate of drug-likeness (QED) is 0.823. The third-order valence-corrected chi connectivity index (χ3v) is 4.61. The zero-order chi connectivity index (χ0) is 10.9. The predicted molar refractivity (Wildman–Crippen MR) is 59.3 cm³/mol. The molecule has 1 aliphatic rings. The molecule has 1 heterocycles. The molecule has 84 valence electrons. The summed E-state index contributed by atoms with van der Waals surface area (Å²) < 4.78 is 25.8. The molecule has 15 heavy (non-hydrogen) atoms. The van der Waals surface area contributed by atoms with Gasteiger partial charge in [-0.3, -0.25) is 5.10 Å². The van der Waals surface area contributed by atoms with Gasteiger partial charge in [0.25, 0.3) is 0 Å². The molecule has 0 atom stereocenters. The van der Waals surface area contributed by atoms with Crippen LogP contribution in [0.25, 0.3) is 0 Å². The van der Waals surface area contributed by atoms with Crippen LogP contribution in [-0.2, 0) is 10.0 Å². The van der Waals surface area contributed by atoms with Crippen LogP contribution in [0.5, 0.6) is 0 Å². The Morgan fingerprint density at radius 1 is 1.60 bits per heavy atom. The number of hydrogen-bond donors (Lipinski definition) is 1. The maximum absolute atomic E-state index is 12.1. The van der Waals surface area contributed by atoms with E-state index < -0.39 is 10.0 Å². The lowest BCUT2D eigenvalue weighted by atomic mass is 10.6. The van der Waals surface area contributed by atoms with Crippen molar-refractivity contribution in [3.8, 4) is 0 Å². The number of nitrogens with one attached hydrogen (secondary N) is 1. The fourth-order valence-electron chi connectivity index (χ4n) is 1.46. The molecule has 1 aromatic rings. The molecule has 1 saturated carbocycles. The zero-order valence-corrected chi connectivity index (χ0v) is 10.5. The van der Waals surface area contributed by atoms with Crippen molar-refractivity contribution < 1.29 is 8.42 Å². The smallest absolute Gasteiger partial charge is 0.246 e. The second kappa shape index (κ2) is 4.23. The first-order chi connectivity index (χ1) is 7.16. The molecule has 0 radical (unpaired) electrons. The van der Waals surface area contributed by atoms with Gasteiger partial charge < -0.3 is 0 Å². The lowest BCUT2D eigenvalue weighted by molar-refractivity contribution is 0.424. The van der Waals surface area contributed by atoms with Gasteiger partial charge in [0, 0.05) is 24.1 Å². The van der Waals surface area contributed by atoms with Crippen molar-refractivity contribution in [1.82, 2.24) is 14.5 Å². The number of sulfonamides is 1. The number of aromatic nitrogens is 2. The topological polar surface area (TPSA) is 66.1 Å². The first-order valence-electron chi connectivity index (χ1n) is 4.73. The van der Waals surface area contributed by atoms with E-state index in [1.54, 1.807) is 4.31 Å². The van der Waals surface area contributed by atoms with Crippen LogP contribution in [-0.4, -0.2) is 40.8 Å². The molecule has 1 aromatic heterocycles. The van der Waals surface area contributed by atoms with Crippen LogP contribution in [0.4, 0.5) is 0 Å². The van der Waals surface area contributed by atoms with E-state index in [0.29, 0.717) is 11.9 Å². The lowest BCUT2D eigenvalue weighted by Crippen LogP contribution is -2.34. The Kier molecular flexibility index (Phi) is 3.13. The number of alkyl halides is 1. The highest BCUT2D eigenvalue weighted by atomic mass is 79.9. The predicted octanol–water partition coefficient (Wildman–Crippen LogP) is 0.958. The molecule has 0 aromatic carbocycles. The van der Waals surface area contributed by atoms with Gasteiger partial charge in [-0.25, -0.2) is 8.42 Å². The normalized spacial score (nSPS) is 17.2. The fraction of sp³-hybridized carbons (Fsp3) is 0.625. The van der Waals surface area contributed by atoms with Crippen molar-refractivity contribution in [2.45, 2.75) is 23.8 Å². The molecular weight excluding hydrogens is 282 g/mol. The third-order valence-electron chi connectivity index (χ3n) is 2.34. The summed E-state index contributed by atoms with van der Waals surface area (Å²) in [6, 6.07) is 0.183. The Bertz CT molecular complexity index is 413. The number of halogens is 1. The van der Waals surface area contributed by atoms with E-state index in [-0.39, 0.29) is 10.9 Å². The molecule has 1 fully saturated rings. The summed E-state index contributed by atoms with van der Waals surface area (Å²) >= 11 is 3.27. The van der Waals surface area contributed by atoms with Crippen LogP contribution in [0.2, 0.25) is 0 Å². The molecule has 0 aliphatic heterocycles. The van der Waals surface area contributed by atoms with E-state index in [0.717, 1.165) is 12.8 Å². The van der Waals surface area contributed by atoms with Crippen LogP contribution in [0.15, 0.2) is 17.3 Å².